The Bertz CT molecular complexity index is 532. The van der Waals surface area contributed by atoms with Crippen molar-refractivity contribution < 1.29 is 4.74 Å². The van der Waals surface area contributed by atoms with Gasteiger partial charge in [0.15, 0.2) is 0 Å². The van der Waals surface area contributed by atoms with Crippen LogP contribution in [0.4, 0.5) is 0 Å². The first kappa shape index (κ1) is 13.1. The maximum absolute atomic E-state index is 5.90. The Morgan fingerprint density at radius 3 is 2.44 bits per heavy atom. The minimum absolute atomic E-state index is 0.603. The van der Waals surface area contributed by atoms with Gasteiger partial charge < -0.3 is 4.74 Å². The highest BCUT2D eigenvalue weighted by Crippen LogP contribution is 2.30. The van der Waals surface area contributed by atoms with E-state index in [0.717, 1.165) is 11.3 Å². The third-order valence-electron chi connectivity index (χ3n) is 2.63. The Labute approximate surface area is 122 Å². The Morgan fingerprint density at radius 2 is 1.72 bits per heavy atom. The van der Waals surface area contributed by atoms with E-state index in [1.54, 1.807) is 0 Å². The molecule has 0 N–H and O–H groups in total. The molecule has 2 aromatic carbocycles. The fourth-order valence-electron chi connectivity index (χ4n) is 1.68. The summed E-state index contributed by atoms with van der Waals surface area (Å²) < 4.78 is 7.11. The minimum atomic E-state index is 0.603. The number of rotatable bonds is 4. The van der Waals surface area contributed by atoms with Crippen LogP contribution >= 0.6 is 22.6 Å². The second-order valence-corrected chi connectivity index (χ2v) is 5.07. The SMILES string of the molecule is CC=C(I)c1ccccc1OCc1ccccc1. The van der Waals surface area contributed by atoms with Crippen LogP contribution in [0.2, 0.25) is 0 Å². The van der Waals surface area contributed by atoms with Crippen molar-refractivity contribution in [2.24, 2.45) is 0 Å². The van der Waals surface area contributed by atoms with E-state index >= 15 is 0 Å². The first-order chi connectivity index (χ1) is 8.81. The summed E-state index contributed by atoms with van der Waals surface area (Å²) in [5.74, 6) is 0.934. The normalized spacial score (nSPS) is 11.3. The third kappa shape index (κ3) is 3.35. The van der Waals surface area contributed by atoms with Gasteiger partial charge in [-0.05, 0) is 41.1 Å². The molecule has 0 heterocycles. The standard InChI is InChI=1S/C16H15IO/c1-2-15(17)14-10-6-7-11-16(14)18-12-13-8-4-3-5-9-13/h2-11H,12H2,1H3. The maximum Gasteiger partial charge on any atom is 0.128 e. The van der Waals surface area contributed by atoms with Gasteiger partial charge in [0, 0.05) is 9.14 Å². The molecule has 2 aromatic rings. The number of hydrogen-bond donors (Lipinski definition) is 0. The van der Waals surface area contributed by atoms with Gasteiger partial charge in [0.1, 0.15) is 12.4 Å². The van der Waals surface area contributed by atoms with Crippen molar-refractivity contribution in [3.63, 3.8) is 0 Å². The summed E-state index contributed by atoms with van der Waals surface area (Å²) in [6.07, 6.45) is 2.09. The van der Waals surface area contributed by atoms with Crippen molar-refractivity contribution in [3.05, 3.63) is 71.8 Å². The first-order valence-corrected chi connectivity index (χ1v) is 6.97. The van der Waals surface area contributed by atoms with E-state index in [1.165, 1.54) is 9.14 Å². The fourth-order valence-corrected chi connectivity index (χ4v) is 2.13. The second kappa shape index (κ2) is 6.59. The third-order valence-corrected chi connectivity index (χ3v) is 3.84. The fraction of sp³-hybridized carbons (Fsp3) is 0.125. The van der Waals surface area contributed by atoms with E-state index in [0.29, 0.717) is 6.61 Å². The summed E-state index contributed by atoms with van der Waals surface area (Å²) in [6.45, 7) is 2.64. The zero-order valence-corrected chi connectivity index (χ0v) is 12.4. The van der Waals surface area contributed by atoms with Gasteiger partial charge >= 0.3 is 0 Å². The van der Waals surface area contributed by atoms with Crippen LogP contribution < -0.4 is 4.74 Å². The van der Waals surface area contributed by atoms with Crippen LogP contribution in [0.3, 0.4) is 0 Å². The number of benzene rings is 2. The molecule has 0 unspecified atom stereocenters. The molecule has 0 saturated heterocycles. The summed E-state index contributed by atoms with van der Waals surface area (Å²) in [4.78, 5) is 0. The molecule has 2 heteroatoms. The summed E-state index contributed by atoms with van der Waals surface area (Å²) >= 11 is 2.33. The van der Waals surface area contributed by atoms with E-state index in [2.05, 4.69) is 46.9 Å². The van der Waals surface area contributed by atoms with Crippen molar-refractivity contribution in [2.45, 2.75) is 13.5 Å². The number of halogens is 1. The highest BCUT2D eigenvalue weighted by Gasteiger charge is 2.05. The van der Waals surface area contributed by atoms with Gasteiger partial charge in [0.05, 0.1) is 0 Å². The minimum Gasteiger partial charge on any atom is -0.488 e. The van der Waals surface area contributed by atoms with Gasteiger partial charge in [-0.15, -0.1) is 0 Å². The second-order valence-electron chi connectivity index (χ2n) is 3.91. The van der Waals surface area contributed by atoms with Crippen LogP contribution in [0.25, 0.3) is 3.58 Å². The molecule has 18 heavy (non-hydrogen) atoms. The lowest BCUT2D eigenvalue weighted by Crippen LogP contribution is -1.97. The summed E-state index contributed by atoms with van der Waals surface area (Å²) in [5.41, 5.74) is 2.33. The van der Waals surface area contributed by atoms with Crippen LogP contribution in [-0.4, -0.2) is 0 Å². The summed E-state index contributed by atoms with van der Waals surface area (Å²) in [6, 6.07) is 18.4. The average molecular weight is 350 g/mol. The highest BCUT2D eigenvalue weighted by molar-refractivity contribution is 14.1. The smallest absolute Gasteiger partial charge is 0.128 e. The molecule has 0 aliphatic carbocycles. The van der Waals surface area contributed by atoms with Gasteiger partial charge in [-0.3, -0.25) is 0 Å². The highest BCUT2D eigenvalue weighted by atomic mass is 127. The first-order valence-electron chi connectivity index (χ1n) is 5.89. The van der Waals surface area contributed by atoms with E-state index < -0.39 is 0 Å². The lowest BCUT2D eigenvalue weighted by molar-refractivity contribution is 0.305. The number of allylic oxidation sites excluding steroid dienone is 1. The molecule has 0 aliphatic rings. The summed E-state index contributed by atoms with van der Waals surface area (Å²) in [7, 11) is 0. The predicted molar refractivity (Wildman–Crippen MR) is 84.9 cm³/mol. The van der Waals surface area contributed by atoms with E-state index in [4.69, 9.17) is 4.74 Å². The Morgan fingerprint density at radius 1 is 1.06 bits per heavy atom. The number of hydrogen-bond acceptors (Lipinski definition) is 1. The zero-order chi connectivity index (χ0) is 12.8. The lowest BCUT2D eigenvalue weighted by Gasteiger charge is -2.11. The average Bonchev–Trinajstić information content (AvgIpc) is 2.45. The molecule has 0 amide bonds. The summed E-state index contributed by atoms with van der Waals surface area (Å²) in [5, 5.41) is 0. The van der Waals surface area contributed by atoms with Gasteiger partial charge in [0.2, 0.25) is 0 Å². The van der Waals surface area contributed by atoms with E-state index in [1.807, 2.05) is 43.3 Å². The maximum atomic E-state index is 5.90. The van der Waals surface area contributed by atoms with Gasteiger partial charge in [-0.1, -0.05) is 54.6 Å². The molecule has 0 bridgehead atoms. The van der Waals surface area contributed by atoms with Crippen LogP contribution in [0.5, 0.6) is 5.75 Å². The van der Waals surface area contributed by atoms with Crippen molar-refractivity contribution in [1.82, 2.24) is 0 Å². The van der Waals surface area contributed by atoms with Crippen LogP contribution in [-0.2, 0) is 6.61 Å². The molecular weight excluding hydrogens is 335 g/mol. The molecule has 0 saturated carbocycles. The van der Waals surface area contributed by atoms with Gasteiger partial charge in [-0.2, -0.15) is 0 Å². The van der Waals surface area contributed by atoms with Crippen LogP contribution in [0.15, 0.2) is 60.7 Å². The predicted octanol–water partition coefficient (Wildman–Crippen LogP) is 5.06. The van der Waals surface area contributed by atoms with Crippen LogP contribution in [0.1, 0.15) is 18.1 Å². The van der Waals surface area contributed by atoms with Crippen molar-refractivity contribution >= 4 is 26.2 Å². The monoisotopic (exact) mass is 350 g/mol. The molecule has 0 aliphatic heterocycles. The molecule has 0 fully saturated rings. The number of ether oxygens (including phenoxy) is 1. The topological polar surface area (TPSA) is 9.23 Å². The van der Waals surface area contributed by atoms with Crippen LogP contribution in [0, 0.1) is 0 Å². The molecule has 0 atom stereocenters. The quantitative estimate of drug-likeness (QED) is 0.701. The Balaban J connectivity index is 2.15. The lowest BCUT2D eigenvalue weighted by atomic mass is 10.2. The largest absolute Gasteiger partial charge is 0.488 e. The molecule has 2 rings (SSSR count). The molecule has 1 nitrogen and oxygen atoms in total. The van der Waals surface area contributed by atoms with E-state index in [9.17, 15) is 0 Å². The molecule has 0 radical (unpaired) electrons. The van der Waals surface area contributed by atoms with Crippen molar-refractivity contribution in [2.75, 3.05) is 0 Å². The van der Waals surface area contributed by atoms with Gasteiger partial charge in [-0.25, -0.2) is 0 Å². The Kier molecular flexibility index (Phi) is 4.81. The van der Waals surface area contributed by atoms with E-state index in [-0.39, 0.29) is 0 Å². The molecular formula is C16H15IO. The molecule has 0 aromatic heterocycles. The zero-order valence-electron chi connectivity index (χ0n) is 10.3. The molecule has 0 spiro atoms. The Hall–Kier alpha value is -1.29. The van der Waals surface area contributed by atoms with Gasteiger partial charge in [0.25, 0.3) is 0 Å². The van der Waals surface area contributed by atoms with Crippen molar-refractivity contribution in [3.8, 4) is 5.75 Å². The number of para-hydroxylation sites is 1. The van der Waals surface area contributed by atoms with Crippen molar-refractivity contribution in [1.29, 1.82) is 0 Å². The molecule has 92 valence electrons.